The van der Waals surface area contributed by atoms with Crippen LogP contribution in [0.25, 0.3) is 0 Å². The number of hydrogen-bond donors (Lipinski definition) is 1. The van der Waals surface area contributed by atoms with Crippen molar-refractivity contribution in [1.29, 1.82) is 0 Å². The van der Waals surface area contributed by atoms with Gasteiger partial charge in [0.05, 0.1) is 42.9 Å². The van der Waals surface area contributed by atoms with E-state index in [4.69, 9.17) is 4.74 Å². The molecule has 156 valence electrons. The molecule has 1 saturated heterocycles. The lowest BCUT2D eigenvalue weighted by Crippen LogP contribution is -2.55. The third kappa shape index (κ3) is 4.02. The number of amides is 1. The minimum atomic E-state index is -4.46. The summed E-state index contributed by atoms with van der Waals surface area (Å²) in [5.74, 6) is 0.115. The number of anilines is 2. The first kappa shape index (κ1) is 19.6. The normalized spacial score (nSPS) is 14.3. The number of ether oxygens (including phenoxy) is 1. The van der Waals surface area contributed by atoms with E-state index in [1.807, 2.05) is 4.90 Å². The van der Waals surface area contributed by atoms with Gasteiger partial charge >= 0.3 is 6.18 Å². The molecule has 4 rings (SSSR count). The quantitative estimate of drug-likeness (QED) is 0.677. The zero-order chi connectivity index (χ0) is 21.3. The van der Waals surface area contributed by atoms with Crippen molar-refractivity contribution in [2.75, 3.05) is 23.3 Å². The summed E-state index contributed by atoms with van der Waals surface area (Å²) in [6.45, 7) is 0.739. The fraction of sp³-hybridized carbons (Fsp3) is 0.278. The third-order valence-electron chi connectivity index (χ3n) is 4.49. The summed E-state index contributed by atoms with van der Waals surface area (Å²) in [5.41, 5.74) is 0.0232. The third-order valence-corrected chi connectivity index (χ3v) is 4.49. The minimum Gasteiger partial charge on any atom is -0.471 e. The monoisotopic (exact) mass is 419 g/mol. The van der Waals surface area contributed by atoms with E-state index in [1.54, 1.807) is 17.8 Å². The summed E-state index contributed by atoms with van der Waals surface area (Å²) in [6, 6.07) is 3.36. The van der Waals surface area contributed by atoms with Gasteiger partial charge in [-0.1, -0.05) is 0 Å². The number of halogens is 3. The number of aromatic nitrogens is 5. The second kappa shape index (κ2) is 7.61. The van der Waals surface area contributed by atoms with Crippen LogP contribution < -0.4 is 15.0 Å². The van der Waals surface area contributed by atoms with Gasteiger partial charge in [-0.15, -0.1) is 0 Å². The summed E-state index contributed by atoms with van der Waals surface area (Å²) >= 11 is 0. The molecule has 1 aliphatic heterocycles. The van der Waals surface area contributed by atoms with Crippen LogP contribution in [0.4, 0.5) is 24.7 Å². The van der Waals surface area contributed by atoms with Crippen molar-refractivity contribution >= 4 is 17.4 Å². The van der Waals surface area contributed by atoms with Gasteiger partial charge in [-0.2, -0.15) is 28.5 Å². The van der Waals surface area contributed by atoms with Gasteiger partial charge in [-0.05, 0) is 12.1 Å². The average molecular weight is 419 g/mol. The van der Waals surface area contributed by atoms with Crippen molar-refractivity contribution in [3.05, 3.63) is 54.1 Å². The SMILES string of the molecule is Cn1ncc(C(=O)Nc2ccnnc2)c1N1CC(Oc2cc(C(F)(F)F)ccn2)C1. The number of carbonyl (C=O) groups is 1. The predicted octanol–water partition coefficient (Wildman–Crippen LogP) is 2.14. The smallest absolute Gasteiger partial charge is 0.416 e. The lowest BCUT2D eigenvalue weighted by Gasteiger charge is -2.40. The molecule has 12 heteroatoms. The van der Waals surface area contributed by atoms with Crippen LogP contribution in [0.1, 0.15) is 15.9 Å². The lowest BCUT2D eigenvalue weighted by atomic mass is 10.1. The molecule has 0 radical (unpaired) electrons. The first-order valence-corrected chi connectivity index (χ1v) is 8.86. The molecule has 0 saturated carbocycles. The molecule has 1 N–H and O–H groups in total. The first-order valence-electron chi connectivity index (χ1n) is 8.86. The molecule has 0 atom stereocenters. The molecule has 3 aromatic heterocycles. The first-order chi connectivity index (χ1) is 14.3. The number of hydrogen-bond acceptors (Lipinski definition) is 7. The molecule has 0 aliphatic carbocycles. The fourth-order valence-corrected chi connectivity index (χ4v) is 3.04. The zero-order valence-corrected chi connectivity index (χ0v) is 15.7. The number of pyridine rings is 1. The topological polar surface area (TPSA) is 98.1 Å². The zero-order valence-electron chi connectivity index (χ0n) is 15.7. The van der Waals surface area contributed by atoms with Crippen LogP contribution >= 0.6 is 0 Å². The van der Waals surface area contributed by atoms with E-state index >= 15 is 0 Å². The Labute approximate surface area is 168 Å². The van der Waals surface area contributed by atoms with Gasteiger partial charge in [0.2, 0.25) is 5.88 Å². The van der Waals surface area contributed by atoms with E-state index in [1.165, 1.54) is 18.6 Å². The molecule has 0 bridgehead atoms. The molecule has 4 heterocycles. The summed E-state index contributed by atoms with van der Waals surface area (Å²) in [6.07, 6.45) is 0.556. The highest BCUT2D eigenvalue weighted by atomic mass is 19.4. The van der Waals surface area contributed by atoms with Crippen molar-refractivity contribution in [2.45, 2.75) is 12.3 Å². The van der Waals surface area contributed by atoms with Crippen molar-refractivity contribution in [3.63, 3.8) is 0 Å². The minimum absolute atomic E-state index is 0.0948. The summed E-state index contributed by atoms with van der Waals surface area (Å²) in [7, 11) is 1.70. The van der Waals surface area contributed by atoms with Crippen molar-refractivity contribution in [1.82, 2.24) is 25.0 Å². The van der Waals surface area contributed by atoms with E-state index in [9.17, 15) is 18.0 Å². The van der Waals surface area contributed by atoms with Crippen LogP contribution in [0.3, 0.4) is 0 Å². The molecule has 0 spiro atoms. The van der Waals surface area contributed by atoms with Gasteiger partial charge in [0.15, 0.2) is 0 Å². The number of aryl methyl sites for hydroxylation is 1. The maximum atomic E-state index is 12.8. The Morgan fingerprint density at radius 2 is 2.00 bits per heavy atom. The van der Waals surface area contributed by atoms with Gasteiger partial charge in [0.25, 0.3) is 5.91 Å². The molecule has 30 heavy (non-hydrogen) atoms. The molecule has 9 nitrogen and oxygen atoms in total. The number of nitrogens with one attached hydrogen (secondary N) is 1. The van der Waals surface area contributed by atoms with Crippen molar-refractivity contribution in [2.24, 2.45) is 7.05 Å². The van der Waals surface area contributed by atoms with E-state index in [0.717, 1.165) is 18.3 Å². The van der Waals surface area contributed by atoms with Crippen LogP contribution in [0.5, 0.6) is 5.88 Å². The number of nitrogens with zero attached hydrogens (tertiary/aromatic N) is 6. The highest BCUT2D eigenvalue weighted by Gasteiger charge is 2.35. The Morgan fingerprint density at radius 1 is 1.20 bits per heavy atom. The summed E-state index contributed by atoms with van der Waals surface area (Å²) < 4.78 is 45.6. The van der Waals surface area contributed by atoms with Crippen molar-refractivity contribution in [3.8, 4) is 5.88 Å². The Kier molecular flexibility index (Phi) is 4.98. The van der Waals surface area contributed by atoms with E-state index in [-0.39, 0.29) is 17.9 Å². The van der Waals surface area contributed by atoms with Gasteiger partial charge in [-0.3, -0.25) is 9.48 Å². The summed E-state index contributed by atoms with van der Waals surface area (Å²) in [4.78, 5) is 18.3. The van der Waals surface area contributed by atoms with Crippen LogP contribution in [0.15, 0.2) is 43.0 Å². The highest BCUT2D eigenvalue weighted by molar-refractivity contribution is 6.07. The number of rotatable bonds is 5. The lowest BCUT2D eigenvalue weighted by molar-refractivity contribution is -0.137. The van der Waals surface area contributed by atoms with Crippen LogP contribution in [-0.4, -0.2) is 50.1 Å². The fourth-order valence-electron chi connectivity index (χ4n) is 3.04. The van der Waals surface area contributed by atoms with E-state index in [2.05, 4.69) is 25.6 Å². The molecule has 0 aromatic carbocycles. The van der Waals surface area contributed by atoms with E-state index in [0.29, 0.717) is 30.2 Å². The molecule has 1 aliphatic rings. The Hall–Kier alpha value is -3.70. The van der Waals surface area contributed by atoms with Crippen LogP contribution in [0, 0.1) is 0 Å². The van der Waals surface area contributed by atoms with Crippen LogP contribution in [0.2, 0.25) is 0 Å². The average Bonchev–Trinajstić information content (AvgIpc) is 3.06. The second-order valence-electron chi connectivity index (χ2n) is 6.62. The molecule has 1 amide bonds. The van der Waals surface area contributed by atoms with Gasteiger partial charge < -0.3 is 15.0 Å². The second-order valence-corrected chi connectivity index (χ2v) is 6.62. The molecule has 1 fully saturated rings. The molecule has 0 unspecified atom stereocenters. The Bertz CT molecular complexity index is 1050. The highest BCUT2D eigenvalue weighted by Crippen LogP contribution is 2.32. The van der Waals surface area contributed by atoms with E-state index < -0.39 is 11.7 Å². The van der Waals surface area contributed by atoms with Crippen molar-refractivity contribution < 1.29 is 22.7 Å². The van der Waals surface area contributed by atoms with Gasteiger partial charge in [-0.25, -0.2) is 4.98 Å². The maximum Gasteiger partial charge on any atom is 0.416 e. The number of alkyl halides is 3. The van der Waals surface area contributed by atoms with Gasteiger partial charge in [0, 0.05) is 19.3 Å². The number of carbonyl (C=O) groups excluding carboxylic acids is 1. The Balaban J connectivity index is 1.42. The molecule has 3 aromatic rings. The van der Waals surface area contributed by atoms with Crippen LogP contribution in [-0.2, 0) is 13.2 Å². The Morgan fingerprint density at radius 3 is 2.70 bits per heavy atom. The molecular weight excluding hydrogens is 403 g/mol. The predicted molar refractivity (Wildman–Crippen MR) is 99.1 cm³/mol. The summed E-state index contributed by atoms with van der Waals surface area (Å²) in [5, 5.41) is 14.2. The largest absolute Gasteiger partial charge is 0.471 e. The maximum absolute atomic E-state index is 12.8. The standard InChI is InChI=1S/C18H16F3N7O2/c1-27-17(14(8-25-27)16(29)26-12-3-5-23-24-7-12)28-9-13(10-28)30-15-6-11(2-4-22-15)18(19,20)21/h2-8,13H,9-10H2,1H3,(H,23,26,29). The van der Waals surface area contributed by atoms with Gasteiger partial charge in [0.1, 0.15) is 17.5 Å². The molecular formula is C18H16F3N7O2.